The third-order valence-corrected chi connectivity index (χ3v) is 6.62. The lowest BCUT2D eigenvalue weighted by Crippen LogP contribution is -2.53. The van der Waals surface area contributed by atoms with Gasteiger partial charge in [0.25, 0.3) is 10.0 Å². The molecule has 1 radical (unpaired) electrons. The molecule has 0 bridgehead atoms. The van der Waals surface area contributed by atoms with Crippen molar-refractivity contribution in [1.29, 1.82) is 0 Å². The van der Waals surface area contributed by atoms with Crippen LogP contribution in [-0.4, -0.2) is 59.8 Å². The van der Waals surface area contributed by atoms with Crippen molar-refractivity contribution in [2.45, 2.75) is 51.6 Å². The number of nitrogens with zero attached hydrogens (tertiary/aromatic N) is 2. The van der Waals surface area contributed by atoms with Crippen LogP contribution in [0.2, 0.25) is 0 Å². The summed E-state index contributed by atoms with van der Waals surface area (Å²) >= 11 is 0. The third kappa shape index (κ3) is 5.36. The molecule has 0 unspecified atom stereocenters. The van der Waals surface area contributed by atoms with Gasteiger partial charge in [0.05, 0.1) is 13.0 Å². The normalized spacial score (nSPS) is 23.9. The van der Waals surface area contributed by atoms with Crippen LogP contribution in [0.25, 0.3) is 0 Å². The Morgan fingerprint density at radius 2 is 2.07 bits per heavy atom. The number of nitrogens with one attached hydrogen (secondary N) is 1. The SMILES string of the molecule is C[C@@H]1CC[C@H](N(C(=O)[CH]C[C@H](C)C(N)=O)S(=O)(=O)C2=NC=CCC2=O)C(=O)CN1. The summed E-state index contributed by atoms with van der Waals surface area (Å²) in [5.41, 5.74) is 5.18. The van der Waals surface area contributed by atoms with Crippen LogP contribution in [0.3, 0.4) is 0 Å². The monoisotopic (exact) mass is 425 g/mol. The summed E-state index contributed by atoms with van der Waals surface area (Å²) in [5, 5.41) is 2.19. The highest BCUT2D eigenvalue weighted by Crippen LogP contribution is 2.22. The van der Waals surface area contributed by atoms with Crippen molar-refractivity contribution in [1.82, 2.24) is 9.62 Å². The Morgan fingerprint density at radius 1 is 1.38 bits per heavy atom. The van der Waals surface area contributed by atoms with E-state index in [4.69, 9.17) is 5.73 Å². The van der Waals surface area contributed by atoms with Crippen LogP contribution >= 0.6 is 0 Å². The van der Waals surface area contributed by atoms with E-state index in [1.807, 2.05) is 6.92 Å². The van der Waals surface area contributed by atoms with Crippen molar-refractivity contribution in [2.75, 3.05) is 6.54 Å². The lowest BCUT2D eigenvalue weighted by atomic mass is 10.0. The van der Waals surface area contributed by atoms with Gasteiger partial charge in [0.2, 0.25) is 16.9 Å². The van der Waals surface area contributed by atoms with Crippen LogP contribution < -0.4 is 11.1 Å². The Morgan fingerprint density at radius 3 is 2.69 bits per heavy atom. The summed E-state index contributed by atoms with van der Waals surface area (Å²) in [5.74, 6) is -3.59. The summed E-state index contributed by atoms with van der Waals surface area (Å²) in [4.78, 5) is 52.5. The van der Waals surface area contributed by atoms with E-state index >= 15 is 0 Å². The molecule has 0 aromatic heterocycles. The molecule has 0 spiro atoms. The largest absolute Gasteiger partial charge is 0.369 e. The van der Waals surface area contributed by atoms with E-state index in [9.17, 15) is 27.6 Å². The maximum Gasteiger partial charge on any atom is 0.288 e. The Bertz CT molecular complexity index is 864. The maximum atomic E-state index is 13.2. The number of hydrogen-bond acceptors (Lipinski definition) is 8. The number of Topliss-reactive ketones (excluding diaryl/α,β-unsaturated/α-hetero) is 2. The quantitative estimate of drug-likeness (QED) is 0.599. The highest BCUT2D eigenvalue weighted by molar-refractivity contribution is 8.06. The van der Waals surface area contributed by atoms with E-state index in [2.05, 4.69) is 10.3 Å². The molecule has 2 aliphatic rings. The summed E-state index contributed by atoms with van der Waals surface area (Å²) in [6, 6.07) is -1.31. The number of hydrogen-bond donors (Lipinski definition) is 2. The number of amides is 2. The average molecular weight is 425 g/mol. The highest BCUT2D eigenvalue weighted by atomic mass is 32.2. The first kappa shape index (κ1) is 22.9. The Balaban J connectivity index is 2.42. The van der Waals surface area contributed by atoms with Crippen LogP contribution in [0, 0.1) is 12.3 Å². The molecule has 3 atom stereocenters. The summed E-state index contributed by atoms with van der Waals surface area (Å²) in [6.07, 6.45) is 3.87. The minimum Gasteiger partial charge on any atom is -0.369 e. The number of carbonyl (C=O) groups excluding carboxylic acids is 4. The lowest BCUT2D eigenvalue weighted by Gasteiger charge is -2.29. The van der Waals surface area contributed by atoms with Gasteiger partial charge in [-0.2, -0.15) is 8.42 Å². The standard InChI is InChI=1S/C18H25N4O6S/c1-11(17(19)26)5-8-16(25)22(13-7-6-12(2)21-10-15(13)24)29(27,28)18-14(23)4-3-9-20-18/h3,8-9,11-13,21H,4-7,10H2,1-2H3,(H2,19,26)/t11-,12+,13-/m0/s1. The number of allylic oxidation sites excluding steroid dienone is 1. The van der Waals surface area contributed by atoms with Gasteiger partial charge in [0.1, 0.15) is 6.04 Å². The van der Waals surface area contributed by atoms with E-state index in [1.54, 1.807) is 0 Å². The van der Waals surface area contributed by atoms with Gasteiger partial charge in [0, 0.05) is 24.6 Å². The zero-order valence-electron chi connectivity index (χ0n) is 16.3. The number of nitrogens with two attached hydrogens (primary N) is 1. The van der Waals surface area contributed by atoms with Gasteiger partial charge < -0.3 is 11.1 Å². The van der Waals surface area contributed by atoms with Crippen molar-refractivity contribution >= 4 is 38.4 Å². The molecule has 0 aromatic rings. The molecule has 2 amide bonds. The molecule has 3 N–H and O–H groups in total. The van der Waals surface area contributed by atoms with Gasteiger partial charge in [0.15, 0.2) is 11.6 Å². The first-order chi connectivity index (χ1) is 13.6. The average Bonchev–Trinajstić information content (AvgIpc) is 2.82. The number of rotatable bonds is 5. The summed E-state index contributed by atoms with van der Waals surface area (Å²) in [6.45, 7) is 3.23. The van der Waals surface area contributed by atoms with Crippen LogP contribution in [0.1, 0.15) is 39.5 Å². The summed E-state index contributed by atoms with van der Waals surface area (Å²) in [7, 11) is -4.67. The smallest absolute Gasteiger partial charge is 0.288 e. The molecule has 2 aliphatic heterocycles. The first-order valence-corrected chi connectivity index (χ1v) is 10.7. The third-order valence-electron chi connectivity index (χ3n) is 4.84. The second-order valence-electron chi connectivity index (χ2n) is 7.17. The fourth-order valence-corrected chi connectivity index (χ4v) is 4.60. The van der Waals surface area contributed by atoms with E-state index in [-0.39, 0.29) is 31.8 Å². The minimum absolute atomic E-state index is 0.0425. The van der Waals surface area contributed by atoms with E-state index in [1.165, 1.54) is 19.2 Å². The van der Waals surface area contributed by atoms with E-state index in [0.717, 1.165) is 6.42 Å². The molecule has 10 nitrogen and oxygen atoms in total. The molecule has 0 aliphatic carbocycles. The molecule has 1 fully saturated rings. The Labute approximate surface area is 169 Å². The molecule has 2 rings (SSSR count). The molecular weight excluding hydrogens is 400 g/mol. The molecule has 159 valence electrons. The molecular formula is C18H25N4O6S. The van der Waals surface area contributed by atoms with Crippen LogP contribution in [-0.2, 0) is 29.2 Å². The molecule has 11 heteroatoms. The molecule has 1 saturated heterocycles. The first-order valence-electron chi connectivity index (χ1n) is 9.28. The number of ketones is 2. The van der Waals surface area contributed by atoms with Crippen LogP contribution in [0.5, 0.6) is 0 Å². The topological polar surface area (TPSA) is 156 Å². The highest BCUT2D eigenvalue weighted by Gasteiger charge is 2.43. The Hall–Kier alpha value is -2.40. The molecule has 2 heterocycles. The van der Waals surface area contributed by atoms with E-state index in [0.29, 0.717) is 10.7 Å². The van der Waals surface area contributed by atoms with Crippen molar-refractivity contribution in [3.63, 3.8) is 0 Å². The van der Waals surface area contributed by atoms with Gasteiger partial charge in [-0.3, -0.25) is 19.2 Å². The van der Waals surface area contributed by atoms with Crippen molar-refractivity contribution in [3.05, 3.63) is 18.7 Å². The second kappa shape index (κ2) is 9.40. The molecule has 29 heavy (non-hydrogen) atoms. The number of carbonyl (C=O) groups is 4. The maximum absolute atomic E-state index is 13.2. The number of primary amides is 1. The molecule has 0 aromatic carbocycles. The van der Waals surface area contributed by atoms with Crippen molar-refractivity contribution < 1.29 is 27.6 Å². The van der Waals surface area contributed by atoms with Gasteiger partial charge >= 0.3 is 0 Å². The zero-order chi connectivity index (χ0) is 21.8. The van der Waals surface area contributed by atoms with Gasteiger partial charge in [-0.25, -0.2) is 9.30 Å². The predicted molar refractivity (Wildman–Crippen MR) is 105 cm³/mol. The van der Waals surface area contributed by atoms with Gasteiger partial charge in [-0.15, -0.1) is 0 Å². The van der Waals surface area contributed by atoms with Crippen molar-refractivity contribution in [2.24, 2.45) is 16.6 Å². The number of sulfonamides is 1. The predicted octanol–water partition coefficient (Wildman–Crippen LogP) is -0.545. The zero-order valence-corrected chi connectivity index (χ0v) is 17.1. The van der Waals surface area contributed by atoms with Gasteiger partial charge in [-0.1, -0.05) is 13.0 Å². The number of aliphatic imine (C=N–C) groups is 1. The summed E-state index contributed by atoms with van der Waals surface area (Å²) < 4.78 is 26.8. The fourth-order valence-electron chi connectivity index (χ4n) is 2.98. The van der Waals surface area contributed by atoms with Crippen molar-refractivity contribution in [3.8, 4) is 0 Å². The fraction of sp³-hybridized carbons (Fsp3) is 0.556. The van der Waals surface area contributed by atoms with Crippen LogP contribution in [0.15, 0.2) is 17.3 Å². The van der Waals surface area contributed by atoms with Crippen LogP contribution in [0.4, 0.5) is 0 Å². The minimum atomic E-state index is -4.67. The van der Waals surface area contributed by atoms with E-state index < -0.39 is 50.4 Å². The second-order valence-corrected chi connectivity index (χ2v) is 8.90. The van der Waals surface area contributed by atoms with Gasteiger partial charge in [-0.05, 0) is 26.2 Å². The molecule has 0 saturated carbocycles. The lowest BCUT2D eigenvalue weighted by molar-refractivity contribution is -0.131. The Kier molecular flexibility index (Phi) is 7.42.